The van der Waals surface area contributed by atoms with Gasteiger partial charge in [0.2, 0.25) is 0 Å². The van der Waals surface area contributed by atoms with Crippen molar-refractivity contribution in [1.29, 1.82) is 0 Å². The molecule has 3 N–H and O–H groups in total. The van der Waals surface area contributed by atoms with Crippen LogP contribution in [-0.4, -0.2) is 40.5 Å². The molecule has 1 atom stereocenters. The van der Waals surface area contributed by atoms with E-state index in [0.717, 1.165) is 17.7 Å². The summed E-state index contributed by atoms with van der Waals surface area (Å²) in [6.07, 6.45) is 7.49. The van der Waals surface area contributed by atoms with Gasteiger partial charge < -0.3 is 10.8 Å². The molecular weight excluding hydrogens is 547 g/mol. The van der Waals surface area contributed by atoms with E-state index >= 15 is 0 Å². The SMILES string of the molecule is C#Cc1cccc2nc(Cn3nc(C4=CCC(O)C=C4)c4c(N)ncnc43)n(Cc3ccc(C(F)(F)F)cc3)c(=O)c12. The maximum absolute atomic E-state index is 13.9. The molecule has 1 unspecified atom stereocenters. The highest BCUT2D eigenvalue weighted by Crippen LogP contribution is 2.31. The van der Waals surface area contributed by atoms with E-state index in [0.29, 0.717) is 39.8 Å². The monoisotopic (exact) mass is 569 g/mol. The van der Waals surface area contributed by atoms with Gasteiger partial charge in [-0.15, -0.1) is 6.42 Å². The van der Waals surface area contributed by atoms with Crippen LogP contribution in [0.3, 0.4) is 0 Å². The number of terminal acetylenes is 1. The van der Waals surface area contributed by atoms with E-state index in [9.17, 15) is 23.1 Å². The number of hydrogen-bond donors (Lipinski definition) is 2. The molecular formula is C30H22F3N7O2. The van der Waals surface area contributed by atoms with Crippen molar-refractivity contribution in [1.82, 2.24) is 29.3 Å². The van der Waals surface area contributed by atoms with Crippen LogP contribution >= 0.6 is 0 Å². The molecule has 5 aromatic rings. The van der Waals surface area contributed by atoms with Crippen molar-refractivity contribution >= 4 is 33.3 Å². The summed E-state index contributed by atoms with van der Waals surface area (Å²) in [5.41, 5.74) is 7.78. The number of aliphatic hydroxyl groups excluding tert-OH is 1. The minimum absolute atomic E-state index is 0.0291. The largest absolute Gasteiger partial charge is 0.416 e. The Hall–Kier alpha value is -5.28. The molecule has 0 saturated heterocycles. The molecule has 3 aromatic heterocycles. The topological polar surface area (TPSA) is 125 Å². The van der Waals surface area contributed by atoms with E-state index in [1.807, 2.05) is 6.08 Å². The molecule has 9 nitrogen and oxygen atoms in total. The van der Waals surface area contributed by atoms with Crippen molar-refractivity contribution in [3.63, 3.8) is 0 Å². The second-order valence-corrected chi connectivity index (χ2v) is 9.74. The summed E-state index contributed by atoms with van der Waals surface area (Å²) in [5.74, 6) is 2.99. The van der Waals surface area contributed by atoms with Gasteiger partial charge in [0, 0.05) is 5.56 Å². The Labute approximate surface area is 236 Å². The fourth-order valence-electron chi connectivity index (χ4n) is 4.96. The first kappa shape index (κ1) is 26.9. The van der Waals surface area contributed by atoms with E-state index in [1.54, 1.807) is 35.0 Å². The summed E-state index contributed by atoms with van der Waals surface area (Å²) in [7, 11) is 0. The Kier molecular flexibility index (Phi) is 6.59. The van der Waals surface area contributed by atoms with Gasteiger partial charge in [0.25, 0.3) is 5.56 Å². The molecule has 0 saturated carbocycles. The fourth-order valence-corrected chi connectivity index (χ4v) is 4.96. The van der Waals surface area contributed by atoms with E-state index in [2.05, 4.69) is 15.9 Å². The standard InChI is InChI=1S/C30H22F3N7O2/c1-2-18-4-3-5-22-24(18)29(42)39(14-17-6-10-20(11-7-17)30(31,32)33)23(37-22)15-40-28-25(27(34)35-16-36-28)26(38-40)19-8-12-21(41)13-9-19/h1,3-12,16,21,41H,13-15H2,(H2,34,35,36). The molecule has 210 valence electrons. The van der Waals surface area contributed by atoms with Gasteiger partial charge in [-0.1, -0.05) is 42.3 Å². The zero-order chi connectivity index (χ0) is 29.6. The number of hydrogen-bond acceptors (Lipinski definition) is 7. The molecule has 42 heavy (non-hydrogen) atoms. The van der Waals surface area contributed by atoms with Gasteiger partial charge in [-0.2, -0.15) is 18.3 Å². The number of benzene rings is 2. The smallest absolute Gasteiger partial charge is 0.389 e. The van der Waals surface area contributed by atoms with Crippen LogP contribution in [0.25, 0.3) is 27.5 Å². The zero-order valence-corrected chi connectivity index (χ0v) is 21.9. The Balaban J connectivity index is 1.51. The summed E-state index contributed by atoms with van der Waals surface area (Å²) < 4.78 is 42.4. The molecule has 1 aliphatic carbocycles. The third-order valence-corrected chi connectivity index (χ3v) is 7.04. The number of rotatable bonds is 5. The Morgan fingerprint density at radius 1 is 1.10 bits per heavy atom. The third-order valence-electron chi connectivity index (χ3n) is 7.04. The maximum atomic E-state index is 13.9. The van der Waals surface area contributed by atoms with Crippen LogP contribution in [0.4, 0.5) is 19.0 Å². The Morgan fingerprint density at radius 2 is 1.88 bits per heavy atom. The van der Waals surface area contributed by atoms with Crippen molar-refractivity contribution < 1.29 is 18.3 Å². The molecule has 0 fully saturated rings. The third kappa shape index (κ3) is 4.80. The first-order valence-electron chi connectivity index (χ1n) is 12.8. The predicted molar refractivity (Wildman–Crippen MR) is 151 cm³/mol. The summed E-state index contributed by atoms with van der Waals surface area (Å²) in [5, 5.41) is 15.4. The zero-order valence-electron chi connectivity index (χ0n) is 21.9. The summed E-state index contributed by atoms with van der Waals surface area (Å²) >= 11 is 0. The van der Waals surface area contributed by atoms with Crippen LogP contribution in [0.2, 0.25) is 0 Å². The van der Waals surface area contributed by atoms with Crippen molar-refractivity contribution in [2.75, 3.05) is 5.73 Å². The van der Waals surface area contributed by atoms with Gasteiger partial charge in [0.05, 0.1) is 34.5 Å². The van der Waals surface area contributed by atoms with Crippen LogP contribution in [0, 0.1) is 12.3 Å². The number of alkyl halides is 3. The fraction of sp³-hybridized carbons (Fsp3) is 0.167. The lowest BCUT2D eigenvalue weighted by Crippen LogP contribution is -2.28. The number of nitrogens with zero attached hydrogens (tertiary/aromatic N) is 6. The van der Waals surface area contributed by atoms with Gasteiger partial charge >= 0.3 is 6.18 Å². The van der Waals surface area contributed by atoms with Gasteiger partial charge in [0.15, 0.2) is 5.65 Å². The highest BCUT2D eigenvalue weighted by atomic mass is 19.4. The number of nitrogens with two attached hydrogens (primary N) is 1. The molecule has 0 aliphatic heterocycles. The Bertz CT molecular complexity index is 2020. The average molecular weight is 570 g/mol. The minimum atomic E-state index is -4.49. The number of aromatic nitrogens is 6. The van der Waals surface area contributed by atoms with Gasteiger partial charge in [0.1, 0.15) is 30.2 Å². The van der Waals surface area contributed by atoms with Crippen LogP contribution in [0.5, 0.6) is 0 Å². The van der Waals surface area contributed by atoms with Crippen molar-refractivity contribution in [3.8, 4) is 12.3 Å². The van der Waals surface area contributed by atoms with E-state index in [4.69, 9.17) is 22.2 Å². The number of halogens is 3. The quantitative estimate of drug-likeness (QED) is 0.308. The predicted octanol–water partition coefficient (Wildman–Crippen LogP) is 3.92. The molecule has 12 heteroatoms. The van der Waals surface area contributed by atoms with Crippen LogP contribution < -0.4 is 11.3 Å². The summed E-state index contributed by atoms with van der Waals surface area (Å²) in [6, 6.07) is 9.57. The lowest BCUT2D eigenvalue weighted by molar-refractivity contribution is -0.137. The lowest BCUT2D eigenvalue weighted by atomic mass is 10.0. The number of anilines is 1. The second kappa shape index (κ2) is 10.3. The van der Waals surface area contributed by atoms with Crippen LogP contribution in [0.1, 0.15) is 34.6 Å². The number of nitrogen functional groups attached to an aromatic ring is 1. The number of aliphatic hydroxyl groups is 1. The van der Waals surface area contributed by atoms with E-state index < -0.39 is 23.4 Å². The maximum Gasteiger partial charge on any atom is 0.416 e. The first-order chi connectivity index (χ1) is 20.1. The van der Waals surface area contributed by atoms with Gasteiger partial charge in [-0.3, -0.25) is 9.36 Å². The van der Waals surface area contributed by atoms with Crippen LogP contribution in [-0.2, 0) is 19.3 Å². The molecule has 2 aromatic carbocycles. The van der Waals surface area contributed by atoms with Gasteiger partial charge in [-0.25, -0.2) is 19.6 Å². The molecule has 3 heterocycles. The van der Waals surface area contributed by atoms with Gasteiger partial charge in [-0.05, 0) is 41.8 Å². The molecule has 1 aliphatic rings. The highest BCUT2D eigenvalue weighted by molar-refractivity contribution is 5.97. The Morgan fingerprint density at radius 3 is 2.57 bits per heavy atom. The summed E-state index contributed by atoms with van der Waals surface area (Å²) in [4.78, 5) is 27.1. The molecule has 0 amide bonds. The highest BCUT2D eigenvalue weighted by Gasteiger charge is 2.30. The van der Waals surface area contributed by atoms with Crippen molar-refractivity contribution in [3.05, 3.63) is 106 Å². The average Bonchev–Trinajstić information content (AvgIpc) is 3.34. The van der Waals surface area contributed by atoms with E-state index in [-0.39, 0.29) is 30.1 Å². The number of fused-ring (bicyclic) bond motifs is 2. The van der Waals surface area contributed by atoms with E-state index in [1.165, 1.54) is 23.0 Å². The first-order valence-corrected chi connectivity index (χ1v) is 12.8. The number of allylic oxidation sites excluding steroid dienone is 2. The molecule has 0 radical (unpaired) electrons. The lowest BCUT2D eigenvalue weighted by Gasteiger charge is -2.15. The molecule has 0 spiro atoms. The minimum Gasteiger partial charge on any atom is -0.389 e. The molecule has 6 rings (SSSR count). The summed E-state index contributed by atoms with van der Waals surface area (Å²) in [6.45, 7) is -0.0955. The molecule has 0 bridgehead atoms. The second-order valence-electron chi connectivity index (χ2n) is 9.74. The normalized spacial score (nSPS) is 15.2. The van der Waals surface area contributed by atoms with Crippen molar-refractivity contribution in [2.45, 2.75) is 31.8 Å². The van der Waals surface area contributed by atoms with Crippen molar-refractivity contribution in [2.24, 2.45) is 0 Å². The van der Waals surface area contributed by atoms with Crippen LogP contribution in [0.15, 0.2) is 71.8 Å².